The SMILES string of the molecule is Cc1ccc(-c2cccc(Sc3cccc(-c4ccccc4)c3)c2)cc1. The lowest BCUT2D eigenvalue weighted by molar-refractivity contribution is 1.40. The largest absolute Gasteiger partial charge is 0.0901 e. The average Bonchev–Trinajstić information content (AvgIpc) is 2.70. The molecule has 4 aromatic carbocycles. The highest BCUT2D eigenvalue weighted by Crippen LogP contribution is 2.33. The van der Waals surface area contributed by atoms with E-state index in [4.69, 9.17) is 0 Å². The van der Waals surface area contributed by atoms with Crippen LogP contribution in [0.3, 0.4) is 0 Å². The van der Waals surface area contributed by atoms with Crippen molar-refractivity contribution in [1.29, 1.82) is 0 Å². The van der Waals surface area contributed by atoms with Crippen LogP contribution in [-0.2, 0) is 0 Å². The van der Waals surface area contributed by atoms with E-state index in [0.29, 0.717) is 0 Å². The molecule has 0 unspecified atom stereocenters. The molecule has 26 heavy (non-hydrogen) atoms. The Morgan fingerprint density at radius 2 is 0.962 bits per heavy atom. The summed E-state index contributed by atoms with van der Waals surface area (Å²) in [5.74, 6) is 0. The van der Waals surface area contributed by atoms with Gasteiger partial charge in [-0.25, -0.2) is 0 Å². The molecule has 0 aliphatic heterocycles. The molecule has 0 aliphatic carbocycles. The summed E-state index contributed by atoms with van der Waals surface area (Å²) < 4.78 is 0. The number of rotatable bonds is 4. The fourth-order valence-electron chi connectivity index (χ4n) is 2.99. The lowest BCUT2D eigenvalue weighted by Crippen LogP contribution is -1.81. The van der Waals surface area contributed by atoms with Gasteiger partial charge in [0.15, 0.2) is 0 Å². The summed E-state index contributed by atoms with van der Waals surface area (Å²) in [6.45, 7) is 2.12. The van der Waals surface area contributed by atoms with Crippen molar-refractivity contribution in [3.05, 3.63) is 109 Å². The minimum absolute atomic E-state index is 1.25. The molecule has 0 aromatic heterocycles. The van der Waals surface area contributed by atoms with E-state index in [1.54, 1.807) is 0 Å². The Bertz CT molecular complexity index is 1000. The summed E-state index contributed by atoms with van der Waals surface area (Å²) in [5.41, 5.74) is 6.32. The molecule has 1 heteroatoms. The Morgan fingerprint density at radius 1 is 0.462 bits per heavy atom. The zero-order valence-corrected chi connectivity index (χ0v) is 15.5. The second-order valence-corrected chi connectivity index (χ2v) is 7.54. The van der Waals surface area contributed by atoms with Gasteiger partial charge in [-0.1, -0.05) is 96.2 Å². The second kappa shape index (κ2) is 7.63. The summed E-state index contributed by atoms with van der Waals surface area (Å²) in [7, 11) is 0. The van der Waals surface area contributed by atoms with Gasteiger partial charge in [-0.2, -0.15) is 0 Å². The Kier molecular flexibility index (Phi) is 4.90. The third-order valence-corrected chi connectivity index (χ3v) is 5.38. The normalized spacial score (nSPS) is 10.7. The first-order valence-electron chi connectivity index (χ1n) is 8.78. The first-order valence-corrected chi connectivity index (χ1v) is 9.60. The van der Waals surface area contributed by atoms with Crippen LogP contribution < -0.4 is 0 Å². The van der Waals surface area contributed by atoms with Crippen LogP contribution in [0, 0.1) is 6.92 Å². The van der Waals surface area contributed by atoms with E-state index in [9.17, 15) is 0 Å². The van der Waals surface area contributed by atoms with Gasteiger partial charge in [0.1, 0.15) is 0 Å². The first-order chi connectivity index (χ1) is 12.8. The highest BCUT2D eigenvalue weighted by molar-refractivity contribution is 7.99. The van der Waals surface area contributed by atoms with Crippen molar-refractivity contribution >= 4 is 11.8 Å². The molecule has 4 rings (SSSR count). The van der Waals surface area contributed by atoms with Crippen molar-refractivity contribution < 1.29 is 0 Å². The zero-order valence-electron chi connectivity index (χ0n) is 14.7. The van der Waals surface area contributed by atoms with Crippen molar-refractivity contribution in [2.45, 2.75) is 16.7 Å². The Balaban J connectivity index is 1.60. The average molecular weight is 353 g/mol. The lowest BCUT2D eigenvalue weighted by Gasteiger charge is -2.08. The molecule has 0 radical (unpaired) electrons. The molecular formula is C25H20S. The van der Waals surface area contributed by atoms with Gasteiger partial charge < -0.3 is 0 Å². The van der Waals surface area contributed by atoms with Crippen molar-refractivity contribution in [2.75, 3.05) is 0 Å². The highest BCUT2D eigenvalue weighted by atomic mass is 32.2. The summed E-state index contributed by atoms with van der Waals surface area (Å²) in [4.78, 5) is 2.51. The fourth-order valence-corrected chi connectivity index (χ4v) is 3.93. The van der Waals surface area contributed by atoms with E-state index >= 15 is 0 Å². The second-order valence-electron chi connectivity index (χ2n) is 6.39. The van der Waals surface area contributed by atoms with Crippen LogP contribution in [0.15, 0.2) is 113 Å². The van der Waals surface area contributed by atoms with Crippen molar-refractivity contribution in [2.24, 2.45) is 0 Å². The van der Waals surface area contributed by atoms with Crippen molar-refractivity contribution in [3.8, 4) is 22.3 Å². The van der Waals surface area contributed by atoms with Gasteiger partial charge in [-0.05, 0) is 53.4 Å². The van der Waals surface area contributed by atoms with Crippen LogP contribution in [0.2, 0.25) is 0 Å². The molecule has 0 heterocycles. The van der Waals surface area contributed by atoms with E-state index in [0.717, 1.165) is 0 Å². The Labute approximate surface area is 159 Å². The molecule has 0 aliphatic rings. The Hall–Kier alpha value is -2.77. The number of aryl methyl sites for hydroxylation is 1. The van der Waals surface area contributed by atoms with Crippen LogP contribution in [0.4, 0.5) is 0 Å². The van der Waals surface area contributed by atoms with E-state index in [1.807, 2.05) is 11.8 Å². The van der Waals surface area contributed by atoms with Gasteiger partial charge >= 0.3 is 0 Å². The molecule has 0 saturated heterocycles. The molecule has 0 fully saturated rings. The first kappa shape index (κ1) is 16.7. The minimum atomic E-state index is 1.25. The smallest absolute Gasteiger partial charge is 0.0128 e. The van der Waals surface area contributed by atoms with Crippen LogP contribution in [-0.4, -0.2) is 0 Å². The molecule has 0 atom stereocenters. The summed E-state index contributed by atoms with van der Waals surface area (Å²) in [6, 6.07) is 36.7. The standard InChI is InChI=1S/C25H20S/c1-19-13-15-21(16-14-19)23-10-6-12-25(18-23)26-24-11-5-9-22(17-24)20-7-3-2-4-8-20/h2-18H,1H3. The van der Waals surface area contributed by atoms with Gasteiger partial charge in [0, 0.05) is 9.79 Å². The lowest BCUT2D eigenvalue weighted by atomic mass is 10.0. The maximum absolute atomic E-state index is 2.27. The van der Waals surface area contributed by atoms with Gasteiger partial charge in [-0.15, -0.1) is 0 Å². The molecule has 0 N–H and O–H groups in total. The molecule has 0 saturated carbocycles. The molecule has 4 aromatic rings. The monoisotopic (exact) mass is 352 g/mol. The number of hydrogen-bond acceptors (Lipinski definition) is 1. The van der Waals surface area contributed by atoms with E-state index in [2.05, 4.69) is 110 Å². The molecule has 126 valence electrons. The van der Waals surface area contributed by atoms with Gasteiger partial charge in [0.25, 0.3) is 0 Å². The fraction of sp³-hybridized carbons (Fsp3) is 0.0400. The molecule has 0 spiro atoms. The highest BCUT2D eigenvalue weighted by Gasteiger charge is 2.03. The summed E-state index contributed by atoms with van der Waals surface area (Å²) in [6.07, 6.45) is 0. The molecular weight excluding hydrogens is 332 g/mol. The van der Waals surface area contributed by atoms with E-state index in [1.165, 1.54) is 37.6 Å². The van der Waals surface area contributed by atoms with Crippen molar-refractivity contribution in [1.82, 2.24) is 0 Å². The molecule has 0 nitrogen and oxygen atoms in total. The number of benzene rings is 4. The van der Waals surface area contributed by atoms with Crippen LogP contribution in [0.1, 0.15) is 5.56 Å². The third-order valence-electron chi connectivity index (χ3n) is 4.40. The van der Waals surface area contributed by atoms with E-state index in [-0.39, 0.29) is 0 Å². The maximum Gasteiger partial charge on any atom is 0.0128 e. The van der Waals surface area contributed by atoms with Crippen LogP contribution in [0.5, 0.6) is 0 Å². The van der Waals surface area contributed by atoms with Crippen LogP contribution in [0.25, 0.3) is 22.3 Å². The number of hydrogen-bond donors (Lipinski definition) is 0. The van der Waals surface area contributed by atoms with Crippen molar-refractivity contribution in [3.63, 3.8) is 0 Å². The maximum atomic E-state index is 2.27. The molecule has 0 amide bonds. The zero-order chi connectivity index (χ0) is 17.8. The van der Waals surface area contributed by atoms with Gasteiger partial charge in [-0.3, -0.25) is 0 Å². The third kappa shape index (κ3) is 3.89. The van der Waals surface area contributed by atoms with Crippen LogP contribution >= 0.6 is 11.8 Å². The van der Waals surface area contributed by atoms with E-state index < -0.39 is 0 Å². The predicted molar refractivity (Wildman–Crippen MR) is 113 cm³/mol. The Morgan fingerprint density at radius 3 is 1.54 bits per heavy atom. The summed E-state index contributed by atoms with van der Waals surface area (Å²) in [5, 5.41) is 0. The predicted octanol–water partition coefficient (Wildman–Crippen LogP) is 7.48. The van der Waals surface area contributed by atoms with Gasteiger partial charge in [0.2, 0.25) is 0 Å². The minimum Gasteiger partial charge on any atom is -0.0901 e. The molecule has 0 bridgehead atoms. The topological polar surface area (TPSA) is 0 Å². The quantitative estimate of drug-likeness (QED) is 0.367. The van der Waals surface area contributed by atoms with Gasteiger partial charge in [0.05, 0.1) is 0 Å². The summed E-state index contributed by atoms with van der Waals surface area (Å²) >= 11 is 1.81.